The first-order chi connectivity index (χ1) is 13.0. The summed E-state index contributed by atoms with van der Waals surface area (Å²) in [5.41, 5.74) is 0.313. The number of aliphatic imine (C=N–C) groups is 1. The summed E-state index contributed by atoms with van der Waals surface area (Å²) in [5.74, 6) is -1.19. The number of rotatable bonds is 3. The van der Waals surface area contributed by atoms with Crippen LogP contribution in [-0.2, 0) is 19.0 Å². The number of halogens is 4. The van der Waals surface area contributed by atoms with Gasteiger partial charge in [-0.25, -0.2) is 9.18 Å². The quantitative estimate of drug-likeness (QED) is 0.341. The molecular weight excluding hydrogens is 400 g/mol. The number of benzene rings is 1. The molecule has 1 aromatic carbocycles. The Balaban J connectivity index is 1.87. The third kappa shape index (κ3) is 7.02. The highest BCUT2D eigenvalue weighted by Gasteiger charge is 2.31. The van der Waals surface area contributed by atoms with Crippen LogP contribution in [0.5, 0.6) is 5.75 Å². The van der Waals surface area contributed by atoms with Crippen molar-refractivity contribution in [3.63, 3.8) is 0 Å². The van der Waals surface area contributed by atoms with Crippen LogP contribution in [0.3, 0.4) is 0 Å². The molecule has 2 rings (SSSR count). The SMILES string of the molecule is CC(=N)N=C([SH2+])NC(=O)N1CCC(Cc2ccc(OC(F)(F)F)cc2F)CC1. The first-order valence-electron chi connectivity index (χ1n) is 8.49. The molecule has 6 nitrogen and oxygen atoms in total. The number of hydrogen-bond acceptors (Lipinski definition) is 3. The zero-order valence-electron chi connectivity index (χ0n) is 15.1. The van der Waals surface area contributed by atoms with Crippen LogP contribution in [0.1, 0.15) is 25.3 Å². The minimum absolute atomic E-state index is 0.0395. The molecule has 0 aromatic heterocycles. The van der Waals surface area contributed by atoms with Gasteiger partial charge in [-0.1, -0.05) is 6.07 Å². The van der Waals surface area contributed by atoms with Crippen LogP contribution in [0.15, 0.2) is 23.2 Å². The summed E-state index contributed by atoms with van der Waals surface area (Å²) in [6.07, 6.45) is -3.24. The highest BCUT2D eigenvalue weighted by atomic mass is 32.1. The molecule has 1 saturated heterocycles. The molecule has 0 bridgehead atoms. The minimum atomic E-state index is -4.86. The summed E-state index contributed by atoms with van der Waals surface area (Å²) in [7, 11) is 0. The molecule has 1 aliphatic rings. The van der Waals surface area contributed by atoms with Crippen LogP contribution in [0.4, 0.5) is 22.4 Å². The van der Waals surface area contributed by atoms with Gasteiger partial charge in [-0.15, -0.1) is 13.2 Å². The lowest BCUT2D eigenvalue weighted by Crippen LogP contribution is -2.46. The van der Waals surface area contributed by atoms with Gasteiger partial charge in [0.25, 0.3) is 0 Å². The Hall–Kier alpha value is -2.30. The number of ether oxygens (including phenoxy) is 1. The summed E-state index contributed by atoms with van der Waals surface area (Å²) in [4.78, 5) is 17.5. The predicted octanol–water partition coefficient (Wildman–Crippen LogP) is 3.05. The average Bonchev–Trinajstić information content (AvgIpc) is 2.55. The highest BCUT2D eigenvalue weighted by Crippen LogP contribution is 2.27. The molecule has 154 valence electrons. The number of urea groups is 1. The number of piperidine rings is 1. The summed E-state index contributed by atoms with van der Waals surface area (Å²) in [5, 5.41) is 9.91. The van der Waals surface area contributed by atoms with Gasteiger partial charge in [0.05, 0.1) is 0 Å². The van der Waals surface area contributed by atoms with Crippen molar-refractivity contribution in [2.45, 2.75) is 32.5 Å². The Labute approximate surface area is 164 Å². The number of alkyl halides is 3. The molecule has 1 aliphatic heterocycles. The molecule has 28 heavy (non-hydrogen) atoms. The zero-order valence-corrected chi connectivity index (χ0v) is 16.1. The zero-order chi connectivity index (χ0) is 20.9. The summed E-state index contributed by atoms with van der Waals surface area (Å²) >= 11 is 3.12. The minimum Gasteiger partial charge on any atom is -0.406 e. The van der Waals surface area contributed by atoms with E-state index in [1.807, 2.05) is 0 Å². The van der Waals surface area contributed by atoms with Crippen LogP contribution in [0.2, 0.25) is 0 Å². The van der Waals surface area contributed by atoms with Gasteiger partial charge in [0.2, 0.25) is 0 Å². The number of carbonyl (C=O) groups excluding carboxylic acids is 1. The molecule has 11 heteroatoms. The molecule has 0 atom stereocenters. The summed E-state index contributed by atoms with van der Waals surface area (Å²) in [6.45, 7) is 2.38. The molecule has 2 N–H and O–H groups in total. The molecule has 0 unspecified atom stereocenters. The van der Waals surface area contributed by atoms with E-state index >= 15 is 0 Å². The molecule has 0 saturated carbocycles. The van der Waals surface area contributed by atoms with Crippen LogP contribution in [-0.4, -0.2) is 41.4 Å². The number of nitrogens with one attached hydrogen (secondary N) is 2. The average molecular weight is 421 g/mol. The number of likely N-dealkylation sites (tertiary alicyclic amines) is 1. The van der Waals surface area contributed by atoms with Crippen molar-refractivity contribution in [1.29, 1.82) is 5.41 Å². The fraction of sp³-hybridized carbons (Fsp3) is 0.471. The standard InChI is InChI=1S/C17H20F4N4O2S/c1-10(22)23-15(28)24-16(26)25-6-4-11(5-7-25)8-12-2-3-13(9-14(12)18)27-17(19,20)21/h2-3,9,11H,4-8H2,1H3,(H3,22,23,24,26,28)/p+1. The van der Waals surface area contributed by atoms with E-state index in [1.54, 1.807) is 4.90 Å². The fourth-order valence-corrected chi connectivity index (χ4v) is 3.19. The first kappa shape index (κ1) is 22.0. The van der Waals surface area contributed by atoms with Gasteiger partial charge in [0.1, 0.15) is 17.4 Å². The number of nitrogens with zero attached hydrogens (tertiary/aromatic N) is 2. The molecular formula is C17H21F4N4O2S+. The van der Waals surface area contributed by atoms with Gasteiger partial charge < -0.3 is 9.64 Å². The van der Waals surface area contributed by atoms with Crippen molar-refractivity contribution < 1.29 is 27.1 Å². The maximum atomic E-state index is 14.1. The predicted molar refractivity (Wildman–Crippen MR) is 101 cm³/mol. The van der Waals surface area contributed by atoms with Crippen molar-refractivity contribution in [3.05, 3.63) is 29.6 Å². The number of amidine groups is 2. The molecule has 1 heterocycles. The lowest BCUT2D eigenvalue weighted by atomic mass is 9.90. The van der Waals surface area contributed by atoms with E-state index < -0.39 is 17.9 Å². The van der Waals surface area contributed by atoms with Gasteiger partial charge in [-0.05, 0) is 43.7 Å². The van der Waals surface area contributed by atoms with E-state index in [-0.39, 0.29) is 23.0 Å². The van der Waals surface area contributed by atoms with Gasteiger partial charge in [-0.3, -0.25) is 10.7 Å². The van der Waals surface area contributed by atoms with Gasteiger partial charge >= 0.3 is 17.6 Å². The Morgan fingerprint density at radius 2 is 2.04 bits per heavy atom. The summed E-state index contributed by atoms with van der Waals surface area (Å²) < 4.78 is 54.3. The Bertz CT molecular complexity index is 762. The number of hydrogen-bond donors (Lipinski definition) is 2. The largest absolute Gasteiger partial charge is 0.573 e. The maximum absolute atomic E-state index is 14.1. The second-order valence-electron chi connectivity index (χ2n) is 6.41. The lowest BCUT2D eigenvalue weighted by Gasteiger charge is -2.31. The maximum Gasteiger partial charge on any atom is 0.573 e. The first-order valence-corrected chi connectivity index (χ1v) is 8.99. The molecule has 0 aliphatic carbocycles. The van der Waals surface area contributed by atoms with Gasteiger partial charge in [0.15, 0.2) is 0 Å². The highest BCUT2D eigenvalue weighted by molar-refractivity contribution is 7.77. The van der Waals surface area contributed by atoms with Gasteiger partial charge in [0, 0.05) is 31.8 Å². The van der Waals surface area contributed by atoms with Crippen molar-refractivity contribution in [2.24, 2.45) is 10.9 Å². The molecule has 1 aromatic rings. The monoisotopic (exact) mass is 421 g/mol. The fourth-order valence-electron chi connectivity index (χ4n) is 2.92. The third-order valence-corrected chi connectivity index (χ3v) is 4.41. The van der Waals surface area contributed by atoms with E-state index in [9.17, 15) is 22.4 Å². The smallest absolute Gasteiger partial charge is 0.406 e. The van der Waals surface area contributed by atoms with E-state index in [2.05, 4.69) is 27.7 Å². The van der Waals surface area contributed by atoms with E-state index in [0.29, 0.717) is 37.9 Å². The summed E-state index contributed by atoms with van der Waals surface area (Å²) in [6, 6.07) is 2.76. The Morgan fingerprint density at radius 1 is 1.39 bits per heavy atom. The van der Waals surface area contributed by atoms with Crippen molar-refractivity contribution in [2.75, 3.05) is 13.1 Å². The molecule has 0 radical (unpaired) electrons. The van der Waals surface area contributed by atoms with E-state index in [0.717, 1.165) is 12.1 Å². The van der Waals surface area contributed by atoms with E-state index in [4.69, 9.17) is 5.41 Å². The molecule has 2 amide bonds. The topological polar surface area (TPSA) is 77.8 Å². The van der Waals surface area contributed by atoms with Crippen LogP contribution >= 0.6 is 0 Å². The second kappa shape index (κ2) is 9.26. The number of amides is 2. The lowest BCUT2D eigenvalue weighted by molar-refractivity contribution is -0.274. The van der Waals surface area contributed by atoms with Crippen molar-refractivity contribution >= 4 is 29.7 Å². The van der Waals surface area contributed by atoms with Crippen molar-refractivity contribution in [3.8, 4) is 5.75 Å². The second-order valence-corrected chi connectivity index (χ2v) is 6.89. The van der Waals surface area contributed by atoms with Gasteiger partial charge in [-0.2, -0.15) is 4.99 Å². The van der Waals surface area contributed by atoms with Crippen LogP contribution in [0, 0.1) is 17.1 Å². The van der Waals surface area contributed by atoms with Crippen LogP contribution < -0.4 is 10.1 Å². The Morgan fingerprint density at radius 3 is 2.57 bits per heavy atom. The molecule has 1 fully saturated rings. The van der Waals surface area contributed by atoms with Crippen molar-refractivity contribution in [1.82, 2.24) is 10.2 Å². The van der Waals surface area contributed by atoms with Crippen LogP contribution in [0.25, 0.3) is 0 Å². The molecule has 0 spiro atoms. The normalized spacial score (nSPS) is 16.1. The third-order valence-electron chi connectivity index (χ3n) is 4.17. The Kier molecular flexibility index (Phi) is 7.28. The van der Waals surface area contributed by atoms with E-state index in [1.165, 1.54) is 13.0 Å². The number of carbonyl (C=O) groups is 1.